The van der Waals surface area contributed by atoms with Crippen molar-refractivity contribution in [1.82, 2.24) is 4.98 Å². The lowest BCUT2D eigenvalue weighted by molar-refractivity contribution is 0.281. The van der Waals surface area contributed by atoms with Crippen molar-refractivity contribution in [2.75, 3.05) is 4.72 Å². The normalized spacial score (nSPS) is 11.4. The molecule has 0 amide bonds. The Balaban J connectivity index is 2.50. The number of sulfonamides is 1. The molecule has 0 spiro atoms. The van der Waals surface area contributed by atoms with Crippen molar-refractivity contribution in [3.63, 3.8) is 0 Å². The molecule has 0 unspecified atom stereocenters. The van der Waals surface area contributed by atoms with E-state index in [1.165, 1.54) is 6.07 Å². The van der Waals surface area contributed by atoms with E-state index in [0.717, 1.165) is 5.56 Å². The molecule has 112 valence electrons. The van der Waals surface area contributed by atoms with Gasteiger partial charge in [0.2, 0.25) is 0 Å². The Morgan fingerprint density at radius 2 is 2.05 bits per heavy atom. The van der Waals surface area contributed by atoms with E-state index in [9.17, 15) is 13.5 Å². The molecule has 0 aliphatic rings. The third-order valence-electron chi connectivity index (χ3n) is 3.00. The quantitative estimate of drug-likeness (QED) is 0.866. The van der Waals surface area contributed by atoms with Crippen molar-refractivity contribution in [1.29, 1.82) is 0 Å². The number of hydrogen-bond acceptors (Lipinski definition) is 4. The Kier molecular flexibility index (Phi) is 4.65. The molecule has 2 aromatic rings. The van der Waals surface area contributed by atoms with Crippen molar-refractivity contribution in [3.05, 3.63) is 51.8 Å². The van der Waals surface area contributed by atoms with Gasteiger partial charge in [0.25, 0.3) is 10.0 Å². The molecule has 2 N–H and O–H groups in total. The standard InChI is InChI=1S/C14H15BrN2O3S/c1-9-6-11(8-18)7-13(14(9)15)21(19,20)17-12-4-3-5-16-10(12)2/h3-7,17-18H,8H2,1-2H3. The average molecular weight is 371 g/mol. The topological polar surface area (TPSA) is 79.3 Å². The molecule has 0 bridgehead atoms. The van der Waals surface area contributed by atoms with Gasteiger partial charge in [-0.15, -0.1) is 0 Å². The van der Waals surface area contributed by atoms with E-state index < -0.39 is 10.0 Å². The van der Waals surface area contributed by atoms with Gasteiger partial charge >= 0.3 is 0 Å². The highest BCUT2D eigenvalue weighted by Gasteiger charge is 2.20. The second-order valence-corrected chi connectivity index (χ2v) is 7.07. The molecule has 1 aromatic carbocycles. The average Bonchev–Trinajstić information content (AvgIpc) is 2.43. The second-order valence-electron chi connectivity index (χ2n) is 4.62. The molecule has 21 heavy (non-hydrogen) atoms. The van der Waals surface area contributed by atoms with Gasteiger partial charge in [0.15, 0.2) is 0 Å². The molecule has 1 aromatic heterocycles. The molecule has 0 radical (unpaired) electrons. The molecule has 0 aliphatic heterocycles. The van der Waals surface area contributed by atoms with Crippen LogP contribution in [0.25, 0.3) is 0 Å². The maximum Gasteiger partial charge on any atom is 0.263 e. The summed E-state index contributed by atoms with van der Waals surface area (Å²) >= 11 is 3.29. The van der Waals surface area contributed by atoms with Crippen molar-refractivity contribution >= 4 is 31.6 Å². The predicted octanol–water partition coefficient (Wildman–Crippen LogP) is 2.75. The van der Waals surface area contributed by atoms with Crippen LogP contribution in [0.15, 0.2) is 39.8 Å². The number of benzene rings is 1. The van der Waals surface area contributed by atoms with Gasteiger partial charge in [0, 0.05) is 10.7 Å². The lowest BCUT2D eigenvalue weighted by Gasteiger charge is -2.13. The number of hydrogen-bond donors (Lipinski definition) is 2. The van der Waals surface area contributed by atoms with Crippen molar-refractivity contribution in [2.24, 2.45) is 0 Å². The predicted molar refractivity (Wildman–Crippen MR) is 84.6 cm³/mol. The number of anilines is 1. The maximum absolute atomic E-state index is 12.5. The largest absolute Gasteiger partial charge is 0.392 e. The van der Waals surface area contributed by atoms with Crippen LogP contribution in [0.2, 0.25) is 0 Å². The van der Waals surface area contributed by atoms with Crippen LogP contribution in [-0.2, 0) is 16.6 Å². The fourth-order valence-electron chi connectivity index (χ4n) is 1.89. The Labute approximate surface area is 132 Å². The lowest BCUT2D eigenvalue weighted by Crippen LogP contribution is -2.15. The first-order chi connectivity index (χ1) is 9.85. The van der Waals surface area contributed by atoms with E-state index >= 15 is 0 Å². The summed E-state index contributed by atoms with van der Waals surface area (Å²) in [5.41, 5.74) is 2.30. The molecule has 1 heterocycles. The summed E-state index contributed by atoms with van der Waals surface area (Å²) in [7, 11) is -3.77. The van der Waals surface area contributed by atoms with Gasteiger partial charge in [-0.25, -0.2) is 8.42 Å². The first-order valence-electron chi connectivity index (χ1n) is 6.19. The maximum atomic E-state index is 12.5. The number of nitrogens with zero attached hydrogens (tertiary/aromatic N) is 1. The Bertz CT molecular complexity index is 776. The number of aliphatic hydroxyl groups excluding tert-OH is 1. The highest BCUT2D eigenvalue weighted by atomic mass is 79.9. The molecule has 7 heteroatoms. The number of rotatable bonds is 4. The minimum Gasteiger partial charge on any atom is -0.392 e. The SMILES string of the molecule is Cc1cc(CO)cc(S(=O)(=O)Nc2cccnc2C)c1Br. The molecular formula is C14H15BrN2O3S. The van der Waals surface area contributed by atoms with Gasteiger partial charge in [0.1, 0.15) is 4.90 Å². The van der Waals surface area contributed by atoms with Gasteiger partial charge in [-0.05, 0) is 59.1 Å². The molecule has 0 saturated carbocycles. The minimum atomic E-state index is -3.77. The summed E-state index contributed by atoms with van der Waals surface area (Å²) in [4.78, 5) is 4.14. The number of aryl methyl sites for hydroxylation is 2. The van der Waals surface area contributed by atoms with Crippen LogP contribution in [0.5, 0.6) is 0 Å². The second kappa shape index (κ2) is 6.13. The number of aromatic nitrogens is 1. The van der Waals surface area contributed by atoms with E-state index in [0.29, 0.717) is 21.4 Å². The molecule has 0 fully saturated rings. The smallest absolute Gasteiger partial charge is 0.263 e. The van der Waals surface area contributed by atoms with Crippen LogP contribution >= 0.6 is 15.9 Å². The Morgan fingerprint density at radius 1 is 1.33 bits per heavy atom. The number of pyridine rings is 1. The summed E-state index contributed by atoms with van der Waals surface area (Å²) in [6.07, 6.45) is 1.60. The zero-order valence-corrected chi connectivity index (χ0v) is 14.0. The summed E-state index contributed by atoms with van der Waals surface area (Å²) in [5.74, 6) is 0. The van der Waals surface area contributed by atoms with Crippen molar-refractivity contribution < 1.29 is 13.5 Å². The molecular weight excluding hydrogens is 356 g/mol. The van der Waals surface area contributed by atoms with Crippen LogP contribution in [0.1, 0.15) is 16.8 Å². The fraction of sp³-hybridized carbons (Fsp3) is 0.214. The summed E-state index contributed by atoms with van der Waals surface area (Å²) in [6.45, 7) is 3.28. The zero-order valence-electron chi connectivity index (χ0n) is 11.6. The van der Waals surface area contributed by atoms with E-state index in [4.69, 9.17) is 0 Å². The monoisotopic (exact) mass is 370 g/mol. The van der Waals surface area contributed by atoms with Gasteiger partial charge in [-0.1, -0.05) is 6.07 Å². The Morgan fingerprint density at radius 3 is 2.67 bits per heavy atom. The number of aliphatic hydroxyl groups is 1. The van der Waals surface area contributed by atoms with Gasteiger partial charge in [-0.2, -0.15) is 0 Å². The van der Waals surface area contributed by atoms with Crippen LogP contribution in [0.4, 0.5) is 5.69 Å². The van der Waals surface area contributed by atoms with E-state index in [1.54, 1.807) is 38.2 Å². The first-order valence-corrected chi connectivity index (χ1v) is 8.47. The van der Waals surface area contributed by atoms with Gasteiger partial charge < -0.3 is 5.11 Å². The fourth-order valence-corrected chi connectivity index (χ4v) is 4.07. The van der Waals surface area contributed by atoms with Gasteiger partial charge in [0.05, 0.1) is 18.0 Å². The highest BCUT2D eigenvalue weighted by molar-refractivity contribution is 9.10. The van der Waals surface area contributed by atoms with Crippen LogP contribution in [-0.4, -0.2) is 18.5 Å². The van der Waals surface area contributed by atoms with E-state index in [2.05, 4.69) is 25.6 Å². The molecule has 5 nitrogen and oxygen atoms in total. The van der Waals surface area contributed by atoms with E-state index in [-0.39, 0.29) is 11.5 Å². The minimum absolute atomic E-state index is 0.0924. The molecule has 0 atom stereocenters. The third kappa shape index (κ3) is 3.42. The number of halogens is 1. The lowest BCUT2D eigenvalue weighted by atomic mass is 10.1. The summed E-state index contributed by atoms with van der Waals surface area (Å²) in [5, 5.41) is 9.24. The Hall–Kier alpha value is -1.44. The van der Waals surface area contributed by atoms with Crippen molar-refractivity contribution in [3.8, 4) is 0 Å². The van der Waals surface area contributed by atoms with E-state index in [1.807, 2.05) is 0 Å². The summed E-state index contributed by atoms with van der Waals surface area (Å²) in [6, 6.07) is 6.50. The molecule has 2 rings (SSSR count). The zero-order chi connectivity index (χ0) is 15.6. The first kappa shape index (κ1) is 15.9. The number of nitrogens with one attached hydrogen (secondary N) is 1. The van der Waals surface area contributed by atoms with Crippen LogP contribution < -0.4 is 4.72 Å². The third-order valence-corrected chi connectivity index (χ3v) is 5.71. The van der Waals surface area contributed by atoms with Gasteiger partial charge in [-0.3, -0.25) is 9.71 Å². The van der Waals surface area contributed by atoms with Crippen LogP contribution in [0, 0.1) is 13.8 Å². The van der Waals surface area contributed by atoms with Crippen LogP contribution in [0.3, 0.4) is 0 Å². The summed E-state index contributed by atoms with van der Waals surface area (Å²) < 4.78 is 28.1. The van der Waals surface area contributed by atoms with Crippen molar-refractivity contribution in [2.45, 2.75) is 25.3 Å². The molecule has 0 saturated heterocycles. The highest BCUT2D eigenvalue weighted by Crippen LogP contribution is 2.29. The molecule has 0 aliphatic carbocycles.